The summed E-state index contributed by atoms with van der Waals surface area (Å²) in [6.07, 6.45) is 3.63. The molecule has 0 fully saturated rings. The first-order chi connectivity index (χ1) is 16.4. The first-order valence-electron chi connectivity index (χ1n) is 11.2. The average molecular weight is 469 g/mol. The standard InChI is InChI=1S/C26H32N2O6/c1-19(2)16-28(26(30)23-8-6-14-34-23)18-25(29)27(17-21-7-5-13-33-21)12-11-20-9-10-22(31-3)24(15-20)32-4/h5-10,13-15,19H,11-12,16-18H2,1-4H3. The van der Waals surface area contributed by atoms with Crippen molar-refractivity contribution in [2.24, 2.45) is 5.92 Å². The number of rotatable bonds is 12. The molecule has 8 nitrogen and oxygen atoms in total. The lowest BCUT2D eigenvalue weighted by atomic mass is 10.1. The van der Waals surface area contributed by atoms with E-state index in [1.807, 2.05) is 38.1 Å². The Morgan fingerprint density at radius 2 is 1.68 bits per heavy atom. The molecule has 0 unspecified atom stereocenters. The summed E-state index contributed by atoms with van der Waals surface area (Å²) < 4.78 is 21.5. The van der Waals surface area contributed by atoms with Crippen LogP contribution in [0.4, 0.5) is 0 Å². The minimum Gasteiger partial charge on any atom is -0.493 e. The van der Waals surface area contributed by atoms with Gasteiger partial charge in [0, 0.05) is 13.1 Å². The molecule has 0 saturated heterocycles. The van der Waals surface area contributed by atoms with Crippen molar-refractivity contribution in [2.45, 2.75) is 26.8 Å². The Kier molecular flexibility index (Phi) is 8.79. The van der Waals surface area contributed by atoms with E-state index < -0.39 is 0 Å². The van der Waals surface area contributed by atoms with E-state index in [9.17, 15) is 9.59 Å². The van der Waals surface area contributed by atoms with E-state index >= 15 is 0 Å². The van der Waals surface area contributed by atoms with Crippen LogP contribution in [0, 0.1) is 5.92 Å². The van der Waals surface area contributed by atoms with Gasteiger partial charge in [0.1, 0.15) is 12.3 Å². The van der Waals surface area contributed by atoms with E-state index in [1.54, 1.807) is 43.6 Å². The van der Waals surface area contributed by atoms with E-state index in [4.69, 9.17) is 18.3 Å². The van der Waals surface area contributed by atoms with Gasteiger partial charge in [-0.05, 0) is 54.3 Å². The van der Waals surface area contributed by atoms with E-state index in [2.05, 4.69) is 0 Å². The molecular formula is C26H32N2O6. The van der Waals surface area contributed by atoms with Gasteiger partial charge in [0.05, 0.1) is 33.3 Å². The number of furan rings is 2. The predicted molar refractivity (Wildman–Crippen MR) is 127 cm³/mol. The maximum Gasteiger partial charge on any atom is 0.290 e. The van der Waals surface area contributed by atoms with Crippen molar-refractivity contribution in [1.82, 2.24) is 9.80 Å². The van der Waals surface area contributed by atoms with Gasteiger partial charge in [-0.25, -0.2) is 0 Å². The zero-order valence-electron chi connectivity index (χ0n) is 20.2. The van der Waals surface area contributed by atoms with Gasteiger partial charge < -0.3 is 28.1 Å². The maximum absolute atomic E-state index is 13.4. The second-order valence-corrected chi connectivity index (χ2v) is 8.39. The highest BCUT2D eigenvalue weighted by Gasteiger charge is 2.25. The summed E-state index contributed by atoms with van der Waals surface area (Å²) >= 11 is 0. The SMILES string of the molecule is COc1ccc(CCN(Cc2ccco2)C(=O)CN(CC(C)C)C(=O)c2ccco2)cc1OC. The third-order valence-electron chi connectivity index (χ3n) is 5.33. The number of nitrogens with zero attached hydrogens (tertiary/aromatic N) is 2. The Balaban J connectivity index is 1.75. The number of hydrogen-bond donors (Lipinski definition) is 0. The quantitative estimate of drug-likeness (QED) is 0.395. The third kappa shape index (κ3) is 6.66. The summed E-state index contributed by atoms with van der Waals surface area (Å²) in [5.74, 6) is 1.90. The Hall–Kier alpha value is -3.68. The molecule has 8 heteroatoms. The van der Waals surface area contributed by atoms with Crippen molar-refractivity contribution in [2.75, 3.05) is 33.9 Å². The van der Waals surface area contributed by atoms with Crippen LogP contribution < -0.4 is 9.47 Å². The van der Waals surface area contributed by atoms with E-state index in [1.165, 1.54) is 11.2 Å². The summed E-state index contributed by atoms with van der Waals surface area (Å²) in [4.78, 5) is 29.6. The molecule has 1 aromatic carbocycles. The van der Waals surface area contributed by atoms with Crippen LogP contribution >= 0.6 is 0 Å². The minimum atomic E-state index is -0.301. The minimum absolute atomic E-state index is 0.0512. The molecule has 0 spiro atoms. The average Bonchev–Trinajstić information content (AvgIpc) is 3.54. The van der Waals surface area contributed by atoms with Crippen LogP contribution in [0.25, 0.3) is 0 Å². The molecule has 0 aliphatic carbocycles. The first-order valence-corrected chi connectivity index (χ1v) is 11.2. The molecule has 3 aromatic rings. The van der Waals surface area contributed by atoms with E-state index in [0.29, 0.717) is 43.3 Å². The number of methoxy groups -OCH3 is 2. The van der Waals surface area contributed by atoms with Gasteiger partial charge in [0.25, 0.3) is 5.91 Å². The molecule has 0 N–H and O–H groups in total. The third-order valence-corrected chi connectivity index (χ3v) is 5.33. The van der Waals surface area contributed by atoms with Crippen molar-refractivity contribution in [3.05, 3.63) is 72.1 Å². The van der Waals surface area contributed by atoms with Crippen LogP contribution in [0.5, 0.6) is 11.5 Å². The number of ether oxygens (including phenoxy) is 2. The highest BCUT2D eigenvalue weighted by Crippen LogP contribution is 2.27. The molecule has 0 aliphatic heterocycles. The van der Waals surface area contributed by atoms with Crippen LogP contribution in [0.15, 0.2) is 63.8 Å². The Bertz CT molecular complexity index is 1040. The van der Waals surface area contributed by atoms with Crippen molar-refractivity contribution in [3.63, 3.8) is 0 Å². The summed E-state index contributed by atoms with van der Waals surface area (Å²) in [5.41, 5.74) is 1.00. The lowest BCUT2D eigenvalue weighted by Crippen LogP contribution is -2.44. The Morgan fingerprint density at radius 3 is 2.29 bits per heavy atom. The number of carbonyl (C=O) groups excluding carboxylic acids is 2. The Morgan fingerprint density at radius 1 is 0.941 bits per heavy atom. The molecule has 34 heavy (non-hydrogen) atoms. The predicted octanol–water partition coefficient (Wildman–Crippen LogP) is 4.26. The zero-order chi connectivity index (χ0) is 24.5. The van der Waals surface area contributed by atoms with Crippen LogP contribution in [-0.4, -0.2) is 55.5 Å². The number of carbonyl (C=O) groups is 2. The van der Waals surface area contributed by atoms with Crippen molar-refractivity contribution >= 4 is 11.8 Å². The topological polar surface area (TPSA) is 85.4 Å². The molecule has 0 saturated carbocycles. The summed E-state index contributed by atoms with van der Waals surface area (Å²) in [6, 6.07) is 12.6. The van der Waals surface area contributed by atoms with Gasteiger partial charge >= 0.3 is 0 Å². The normalized spacial score (nSPS) is 10.9. The van der Waals surface area contributed by atoms with Gasteiger partial charge in [0.15, 0.2) is 17.3 Å². The molecule has 182 valence electrons. The van der Waals surface area contributed by atoms with Gasteiger partial charge in [0.2, 0.25) is 5.91 Å². The molecule has 0 radical (unpaired) electrons. The highest BCUT2D eigenvalue weighted by molar-refractivity contribution is 5.94. The van der Waals surface area contributed by atoms with Crippen molar-refractivity contribution < 1.29 is 27.9 Å². The highest BCUT2D eigenvalue weighted by atomic mass is 16.5. The second-order valence-electron chi connectivity index (χ2n) is 8.39. The zero-order valence-corrected chi connectivity index (χ0v) is 20.2. The van der Waals surface area contributed by atoms with E-state index in [-0.39, 0.29) is 30.0 Å². The van der Waals surface area contributed by atoms with Gasteiger partial charge in [-0.3, -0.25) is 9.59 Å². The molecule has 0 atom stereocenters. The summed E-state index contributed by atoms with van der Waals surface area (Å²) in [6.45, 7) is 5.15. The fourth-order valence-electron chi connectivity index (χ4n) is 3.66. The summed E-state index contributed by atoms with van der Waals surface area (Å²) in [5, 5.41) is 0. The number of amides is 2. The monoisotopic (exact) mass is 468 g/mol. The Labute approximate surface area is 200 Å². The number of hydrogen-bond acceptors (Lipinski definition) is 6. The van der Waals surface area contributed by atoms with Crippen molar-refractivity contribution in [1.29, 1.82) is 0 Å². The van der Waals surface area contributed by atoms with Gasteiger partial charge in [-0.15, -0.1) is 0 Å². The lowest BCUT2D eigenvalue weighted by molar-refractivity contribution is -0.132. The summed E-state index contributed by atoms with van der Waals surface area (Å²) in [7, 11) is 3.18. The smallest absolute Gasteiger partial charge is 0.290 e. The molecular weight excluding hydrogens is 436 g/mol. The van der Waals surface area contributed by atoms with Gasteiger partial charge in [-0.1, -0.05) is 19.9 Å². The molecule has 2 amide bonds. The fraction of sp³-hybridized carbons (Fsp3) is 0.385. The maximum atomic E-state index is 13.4. The molecule has 0 aliphatic rings. The fourth-order valence-corrected chi connectivity index (χ4v) is 3.66. The molecule has 2 heterocycles. The van der Waals surface area contributed by atoms with Crippen molar-refractivity contribution in [3.8, 4) is 11.5 Å². The van der Waals surface area contributed by atoms with E-state index in [0.717, 1.165) is 5.56 Å². The van der Waals surface area contributed by atoms with Crippen LogP contribution in [0.3, 0.4) is 0 Å². The van der Waals surface area contributed by atoms with Crippen LogP contribution in [0.2, 0.25) is 0 Å². The van der Waals surface area contributed by atoms with Crippen LogP contribution in [0.1, 0.15) is 35.7 Å². The number of benzene rings is 1. The van der Waals surface area contributed by atoms with Gasteiger partial charge in [-0.2, -0.15) is 0 Å². The molecule has 0 bridgehead atoms. The second kappa shape index (κ2) is 12.0. The molecule has 2 aromatic heterocycles. The van der Waals surface area contributed by atoms with Crippen LogP contribution in [-0.2, 0) is 17.8 Å². The first kappa shape index (κ1) is 25.0. The lowest BCUT2D eigenvalue weighted by Gasteiger charge is -2.28. The largest absolute Gasteiger partial charge is 0.493 e. The molecule has 3 rings (SSSR count).